The van der Waals surface area contributed by atoms with Gasteiger partial charge in [-0.05, 0) is 89.0 Å². The molecular formula is C35H36F6O3S2. The van der Waals surface area contributed by atoms with Crippen LogP contribution in [0, 0.1) is 0 Å². The zero-order chi connectivity index (χ0) is 34.6. The molecule has 0 N–H and O–H groups in total. The molecule has 4 aromatic rings. The first kappa shape index (κ1) is 37.2. The van der Waals surface area contributed by atoms with Crippen molar-refractivity contribution in [2.75, 3.05) is 0 Å². The van der Waals surface area contributed by atoms with E-state index in [0.717, 1.165) is 0 Å². The molecule has 0 spiro atoms. The maximum atomic E-state index is 12.3. The van der Waals surface area contributed by atoms with E-state index < -0.39 is 38.5 Å². The molecule has 0 heterocycles. The van der Waals surface area contributed by atoms with E-state index in [2.05, 4.69) is 114 Å². The van der Waals surface area contributed by atoms with Crippen LogP contribution < -0.4 is 0 Å². The van der Waals surface area contributed by atoms with Gasteiger partial charge in [-0.15, -0.1) is 0 Å². The highest BCUT2D eigenvalue weighted by atomic mass is 32.2. The van der Waals surface area contributed by atoms with Gasteiger partial charge in [-0.2, -0.15) is 26.3 Å². The summed E-state index contributed by atoms with van der Waals surface area (Å²) in [4.78, 5) is 2.58. The fourth-order valence-corrected chi connectivity index (χ4v) is 7.03. The van der Waals surface area contributed by atoms with Gasteiger partial charge in [0.25, 0.3) is 0 Å². The summed E-state index contributed by atoms with van der Waals surface area (Å²) in [7, 11) is -5.50. The SMILES string of the molecule is CC(C)c1ccc([S+](c2ccc(C(C)C)cc2)c2ccc(C(C)C)cc2)cc1.O=S(=O)([O-])c1cc(C(F)(F)F)cc(C(F)(F)F)c1. The lowest BCUT2D eigenvalue weighted by molar-refractivity contribution is -0.143. The number of benzene rings is 4. The molecule has 0 radical (unpaired) electrons. The standard InChI is InChI=1S/C27H33S.C8H4F6O3S/c1-19(2)22-7-13-25(14-8-22)28(26-15-9-23(10-16-26)20(3)4)27-17-11-24(12-18-27)21(5)6;9-7(10,11)4-1-5(8(12,13)14)3-6(2-4)18(15,16)17/h7-21H,1-6H3;1-3H,(H,15,16,17)/q+1;/p-1. The fraction of sp³-hybridized carbons (Fsp3) is 0.314. The summed E-state index contributed by atoms with van der Waals surface area (Å²) in [6, 6.07) is 27.2. The van der Waals surface area contributed by atoms with Gasteiger partial charge < -0.3 is 4.55 Å². The number of halogens is 6. The summed E-state index contributed by atoms with van der Waals surface area (Å²) in [5, 5.41) is 0. The molecule has 248 valence electrons. The van der Waals surface area contributed by atoms with Gasteiger partial charge >= 0.3 is 12.4 Å². The van der Waals surface area contributed by atoms with Crippen molar-refractivity contribution in [2.24, 2.45) is 0 Å². The molecular weight excluding hydrogens is 647 g/mol. The number of hydrogen-bond donors (Lipinski definition) is 0. The Bertz CT molecular complexity index is 1540. The maximum absolute atomic E-state index is 12.3. The smallest absolute Gasteiger partial charge is 0.416 e. The molecule has 0 amide bonds. The van der Waals surface area contributed by atoms with Crippen molar-refractivity contribution in [1.29, 1.82) is 0 Å². The van der Waals surface area contributed by atoms with Crippen molar-refractivity contribution in [1.82, 2.24) is 0 Å². The monoisotopic (exact) mass is 682 g/mol. The van der Waals surface area contributed by atoms with Gasteiger partial charge in [0.05, 0.1) is 26.9 Å². The molecule has 0 aliphatic carbocycles. The van der Waals surface area contributed by atoms with Crippen LogP contribution in [0.4, 0.5) is 26.3 Å². The second-order valence-electron chi connectivity index (χ2n) is 11.7. The molecule has 4 aromatic carbocycles. The molecule has 46 heavy (non-hydrogen) atoms. The molecule has 0 saturated heterocycles. The van der Waals surface area contributed by atoms with Crippen LogP contribution in [0.25, 0.3) is 0 Å². The number of hydrogen-bond acceptors (Lipinski definition) is 3. The van der Waals surface area contributed by atoms with Crippen LogP contribution in [-0.4, -0.2) is 13.0 Å². The molecule has 0 atom stereocenters. The van der Waals surface area contributed by atoms with Crippen LogP contribution in [0.3, 0.4) is 0 Å². The molecule has 0 aromatic heterocycles. The number of rotatable bonds is 7. The Kier molecular flexibility index (Phi) is 11.8. The third kappa shape index (κ3) is 9.86. The molecule has 0 saturated carbocycles. The third-order valence-electron chi connectivity index (χ3n) is 7.20. The molecule has 3 nitrogen and oxygen atoms in total. The highest BCUT2D eigenvalue weighted by Crippen LogP contribution is 2.37. The lowest BCUT2D eigenvalue weighted by atomic mass is 10.0. The highest BCUT2D eigenvalue weighted by Gasteiger charge is 2.37. The summed E-state index contributed by atoms with van der Waals surface area (Å²) in [6.07, 6.45) is -10.4. The van der Waals surface area contributed by atoms with Crippen molar-refractivity contribution in [3.63, 3.8) is 0 Å². The molecule has 0 aliphatic rings. The quantitative estimate of drug-likeness (QED) is 0.111. The molecule has 0 unspecified atom stereocenters. The Morgan fingerprint density at radius 3 is 0.978 bits per heavy atom. The first-order valence-electron chi connectivity index (χ1n) is 14.5. The molecule has 0 aliphatic heterocycles. The number of alkyl halides is 6. The Hall–Kier alpha value is -3.28. The molecule has 0 bridgehead atoms. The van der Waals surface area contributed by atoms with E-state index >= 15 is 0 Å². The maximum Gasteiger partial charge on any atom is 0.416 e. The zero-order valence-electron chi connectivity index (χ0n) is 26.2. The van der Waals surface area contributed by atoms with Gasteiger partial charge in [0.1, 0.15) is 10.1 Å². The van der Waals surface area contributed by atoms with Crippen LogP contribution >= 0.6 is 0 Å². The van der Waals surface area contributed by atoms with E-state index in [4.69, 9.17) is 0 Å². The van der Waals surface area contributed by atoms with Crippen LogP contribution in [0.1, 0.15) is 87.1 Å². The summed E-state index contributed by atoms with van der Waals surface area (Å²) in [5.74, 6) is 1.68. The van der Waals surface area contributed by atoms with Gasteiger partial charge in [0, 0.05) is 0 Å². The van der Waals surface area contributed by atoms with Crippen LogP contribution in [0.5, 0.6) is 0 Å². The van der Waals surface area contributed by atoms with Gasteiger partial charge in [0.2, 0.25) is 0 Å². The van der Waals surface area contributed by atoms with E-state index in [-0.39, 0.29) is 29.1 Å². The predicted octanol–water partition coefficient (Wildman–Crippen LogP) is 10.8. The normalized spacial score (nSPS) is 12.5. The summed E-state index contributed by atoms with van der Waals surface area (Å²) < 4.78 is 105. The Labute approximate surface area is 269 Å². The topological polar surface area (TPSA) is 57.2 Å². The van der Waals surface area contributed by atoms with E-state index in [0.29, 0.717) is 17.8 Å². The largest absolute Gasteiger partial charge is 0.744 e. The van der Waals surface area contributed by atoms with Gasteiger partial charge in [0.15, 0.2) is 14.7 Å². The van der Waals surface area contributed by atoms with Crippen molar-refractivity contribution in [3.8, 4) is 0 Å². The molecule has 4 rings (SSSR count). The van der Waals surface area contributed by atoms with E-state index in [1.165, 1.54) is 31.4 Å². The van der Waals surface area contributed by atoms with Crippen molar-refractivity contribution >= 4 is 21.0 Å². The van der Waals surface area contributed by atoms with E-state index in [9.17, 15) is 39.3 Å². The highest BCUT2D eigenvalue weighted by molar-refractivity contribution is 7.97. The minimum absolute atomic E-state index is 0.0791. The van der Waals surface area contributed by atoms with Crippen molar-refractivity contribution in [2.45, 2.75) is 91.2 Å². The van der Waals surface area contributed by atoms with Crippen molar-refractivity contribution < 1.29 is 39.3 Å². The first-order valence-corrected chi connectivity index (χ1v) is 17.1. The minimum Gasteiger partial charge on any atom is -0.744 e. The molecule has 11 heteroatoms. The van der Waals surface area contributed by atoms with Gasteiger partial charge in [-0.25, -0.2) is 8.42 Å². The third-order valence-corrected chi connectivity index (χ3v) is 10.2. The summed E-state index contributed by atoms with van der Waals surface area (Å²) >= 11 is 0. The summed E-state index contributed by atoms with van der Waals surface area (Å²) in [5.41, 5.74) is 0.492. The lowest BCUT2D eigenvalue weighted by Gasteiger charge is -2.15. The Morgan fingerprint density at radius 1 is 0.522 bits per heavy atom. The van der Waals surface area contributed by atoms with E-state index in [1.54, 1.807) is 0 Å². The average Bonchev–Trinajstić information content (AvgIpc) is 2.97. The molecule has 0 fully saturated rings. The van der Waals surface area contributed by atoms with Crippen LogP contribution in [0.15, 0.2) is 111 Å². The Balaban J connectivity index is 0.000000277. The van der Waals surface area contributed by atoms with Gasteiger partial charge in [-0.3, -0.25) is 0 Å². The minimum atomic E-state index is -5.42. The second-order valence-corrected chi connectivity index (χ2v) is 15.1. The van der Waals surface area contributed by atoms with Crippen LogP contribution in [-0.2, 0) is 33.4 Å². The van der Waals surface area contributed by atoms with Crippen LogP contribution in [0.2, 0.25) is 0 Å². The van der Waals surface area contributed by atoms with Crippen molar-refractivity contribution in [3.05, 3.63) is 119 Å². The second kappa shape index (κ2) is 14.6. The Morgan fingerprint density at radius 2 is 0.783 bits per heavy atom. The fourth-order valence-electron chi connectivity index (χ4n) is 4.45. The first-order chi connectivity index (χ1) is 21.2. The predicted molar refractivity (Wildman–Crippen MR) is 168 cm³/mol. The zero-order valence-corrected chi connectivity index (χ0v) is 27.8. The van der Waals surface area contributed by atoms with E-state index in [1.807, 2.05) is 0 Å². The summed E-state index contributed by atoms with van der Waals surface area (Å²) in [6.45, 7) is 13.5. The average molecular weight is 683 g/mol. The lowest BCUT2D eigenvalue weighted by Crippen LogP contribution is -2.13. The van der Waals surface area contributed by atoms with Gasteiger partial charge in [-0.1, -0.05) is 77.9 Å².